The van der Waals surface area contributed by atoms with E-state index in [4.69, 9.17) is 0 Å². The van der Waals surface area contributed by atoms with Crippen molar-refractivity contribution in [2.45, 2.75) is 51.9 Å². The number of aryl methyl sites for hydroxylation is 1. The molecule has 0 radical (unpaired) electrons. The molecule has 0 unspecified atom stereocenters. The summed E-state index contributed by atoms with van der Waals surface area (Å²) in [6, 6.07) is 2.10. The van der Waals surface area contributed by atoms with Crippen LogP contribution < -0.4 is 4.90 Å². The van der Waals surface area contributed by atoms with Gasteiger partial charge in [0.05, 0.1) is 11.4 Å². The van der Waals surface area contributed by atoms with Crippen LogP contribution in [0, 0.1) is 10.8 Å². The summed E-state index contributed by atoms with van der Waals surface area (Å²) in [5.41, 5.74) is 0.488. The Labute approximate surface area is 200 Å². The molecule has 1 atom stereocenters. The fourth-order valence-corrected chi connectivity index (χ4v) is 7.00. The highest BCUT2D eigenvalue weighted by molar-refractivity contribution is 7.59. The lowest BCUT2D eigenvalue weighted by molar-refractivity contribution is -0.146. The van der Waals surface area contributed by atoms with Gasteiger partial charge in [0.1, 0.15) is 17.0 Å². The zero-order valence-corrected chi connectivity index (χ0v) is 20.7. The van der Waals surface area contributed by atoms with Crippen LogP contribution in [0.2, 0.25) is 6.82 Å². The van der Waals surface area contributed by atoms with E-state index in [9.17, 15) is 9.82 Å². The largest absolute Gasteiger partial charge is 0.437 e. The van der Waals surface area contributed by atoms with Crippen molar-refractivity contribution < 1.29 is 9.82 Å². The molecule has 1 N–H and O–H groups in total. The smallest absolute Gasteiger partial charge is 0.377 e. The van der Waals surface area contributed by atoms with Crippen molar-refractivity contribution in [2.24, 2.45) is 10.8 Å². The lowest BCUT2D eigenvalue weighted by atomic mass is 9.78. The summed E-state index contributed by atoms with van der Waals surface area (Å²) in [5, 5.41) is 11.4. The van der Waals surface area contributed by atoms with Crippen molar-refractivity contribution in [2.75, 3.05) is 37.6 Å². The molecule has 2 spiro atoms. The van der Waals surface area contributed by atoms with Gasteiger partial charge in [-0.05, 0) is 57.0 Å². The molecule has 7 nitrogen and oxygen atoms in total. The summed E-state index contributed by atoms with van der Waals surface area (Å²) >= 11 is 1.76. The molecule has 5 heterocycles. The first kappa shape index (κ1) is 22.4. The number of nitrogens with zero attached hydrogens (tertiary/aromatic N) is 5. The maximum Gasteiger partial charge on any atom is 0.377 e. The highest BCUT2D eigenvalue weighted by atomic mass is 32.1. The van der Waals surface area contributed by atoms with Crippen molar-refractivity contribution in [1.82, 2.24) is 19.7 Å². The number of rotatable bonds is 4. The van der Waals surface area contributed by atoms with Crippen LogP contribution in [0.3, 0.4) is 0 Å². The Morgan fingerprint density at radius 2 is 2.00 bits per heavy atom. The predicted molar refractivity (Wildman–Crippen MR) is 134 cm³/mol. The van der Waals surface area contributed by atoms with Crippen LogP contribution in [0.1, 0.15) is 37.5 Å². The normalized spacial score (nSPS) is 25.4. The van der Waals surface area contributed by atoms with Crippen molar-refractivity contribution >= 4 is 53.8 Å². The third-order valence-electron chi connectivity index (χ3n) is 8.08. The molecule has 0 aromatic carbocycles. The summed E-state index contributed by atoms with van der Waals surface area (Å²) in [5.74, 6) is 1.28. The standard InChI is InChI=1S/C22H30BN5O2S.H2S/c1-3-15-8-16-18(24-14-25-19(16)31-15)26-7-6-22(10-26)11-27(12-22)20(29)17-9-21(4-5-21)13-28(17)23(2)30;/h8,14,17,30H,3-7,9-13H2,1-2H3;1H2/t17-;/m0./s1. The second-order valence-electron chi connectivity index (χ2n) is 10.4. The third kappa shape index (κ3) is 3.54. The Morgan fingerprint density at radius 3 is 2.69 bits per heavy atom. The minimum absolute atomic E-state index is 0. The monoisotopic (exact) mass is 473 g/mol. The summed E-state index contributed by atoms with van der Waals surface area (Å²) in [6.45, 7) is 8.45. The number of carbonyl (C=O) groups is 1. The number of likely N-dealkylation sites (tertiary alicyclic amines) is 1. The van der Waals surface area contributed by atoms with E-state index in [1.54, 1.807) is 24.5 Å². The van der Waals surface area contributed by atoms with E-state index in [2.05, 4.69) is 27.9 Å². The second-order valence-corrected chi connectivity index (χ2v) is 11.5. The van der Waals surface area contributed by atoms with Crippen LogP contribution in [-0.4, -0.2) is 76.4 Å². The van der Waals surface area contributed by atoms with Crippen molar-refractivity contribution in [3.05, 3.63) is 17.3 Å². The van der Waals surface area contributed by atoms with Gasteiger partial charge in [-0.15, -0.1) is 11.3 Å². The third-order valence-corrected chi connectivity index (χ3v) is 9.26. The van der Waals surface area contributed by atoms with Gasteiger partial charge in [-0.25, -0.2) is 9.97 Å². The van der Waals surface area contributed by atoms with Gasteiger partial charge in [-0.3, -0.25) is 4.79 Å². The van der Waals surface area contributed by atoms with Crippen LogP contribution in [0.5, 0.6) is 0 Å². The number of hydrogen-bond donors (Lipinski definition) is 1. The predicted octanol–water partition coefficient (Wildman–Crippen LogP) is 2.37. The minimum Gasteiger partial charge on any atom is -0.437 e. The summed E-state index contributed by atoms with van der Waals surface area (Å²) in [4.78, 5) is 31.3. The molecule has 172 valence electrons. The Kier molecular flexibility index (Phi) is 5.51. The molecule has 0 bridgehead atoms. The van der Waals surface area contributed by atoms with Gasteiger partial charge in [0, 0.05) is 36.5 Å². The van der Waals surface area contributed by atoms with Gasteiger partial charge in [0.25, 0.3) is 0 Å². The van der Waals surface area contributed by atoms with E-state index < -0.39 is 7.05 Å². The Hall–Kier alpha value is -1.36. The minimum atomic E-state index is -0.551. The molecule has 10 heteroatoms. The van der Waals surface area contributed by atoms with Gasteiger partial charge in [-0.2, -0.15) is 13.5 Å². The first-order chi connectivity index (χ1) is 14.9. The SMILES string of the molecule is CCc1cc2c(N3CCC4(CN(C(=O)[C@@H]5CC6(CC6)CN5B(C)O)C4)C3)ncnc2s1.S. The van der Waals surface area contributed by atoms with Crippen molar-refractivity contribution in [3.8, 4) is 0 Å². The molecular weight excluding hydrogens is 441 g/mol. The Morgan fingerprint density at radius 1 is 1.22 bits per heavy atom. The lowest BCUT2D eigenvalue weighted by Gasteiger charge is -2.49. The molecule has 6 rings (SSSR count). The molecule has 4 aliphatic rings. The molecule has 4 fully saturated rings. The molecule has 1 aliphatic carbocycles. The molecule has 2 aromatic rings. The fraction of sp³-hybridized carbons (Fsp3) is 0.682. The first-order valence-electron chi connectivity index (χ1n) is 11.6. The van der Waals surface area contributed by atoms with E-state index in [1.165, 1.54) is 23.1 Å². The highest BCUT2D eigenvalue weighted by Crippen LogP contribution is 2.55. The van der Waals surface area contributed by atoms with Gasteiger partial charge < -0.3 is 19.6 Å². The zero-order valence-electron chi connectivity index (χ0n) is 18.9. The number of fused-ring (bicyclic) bond motifs is 1. The first-order valence-corrected chi connectivity index (χ1v) is 12.4. The molecule has 2 aromatic heterocycles. The number of hydrogen-bond acceptors (Lipinski definition) is 7. The Bertz CT molecular complexity index is 1040. The van der Waals surface area contributed by atoms with E-state index in [-0.39, 0.29) is 30.9 Å². The van der Waals surface area contributed by atoms with Crippen LogP contribution >= 0.6 is 24.8 Å². The maximum absolute atomic E-state index is 13.3. The molecule has 1 saturated carbocycles. The number of anilines is 1. The average Bonchev–Trinajstić information content (AvgIpc) is 3.11. The van der Waals surface area contributed by atoms with Gasteiger partial charge in [-0.1, -0.05) is 6.92 Å². The maximum atomic E-state index is 13.3. The van der Waals surface area contributed by atoms with Gasteiger partial charge in [0.2, 0.25) is 5.91 Å². The quantitative estimate of drug-likeness (QED) is 0.688. The van der Waals surface area contributed by atoms with E-state index >= 15 is 0 Å². The van der Waals surface area contributed by atoms with Crippen molar-refractivity contribution in [3.63, 3.8) is 0 Å². The molecule has 3 saturated heterocycles. The van der Waals surface area contributed by atoms with Crippen LogP contribution in [0.25, 0.3) is 10.2 Å². The molecule has 32 heavy (non-hydrogen) atoms. The summed E-state index contributed by atoms with van der Waals surface area (Å²) < 4.78 is 0. The summed E-state index contributed by atoms with van der Waals surface area (Å²) in [6.07, 6.45) is 7.13. The van der Waals surface area contributed by atoms with Crippen LogP contribution in [0.4, 0.5) is 5.82 Å². The zero-order chi connectivity index (χ0) is 21.4. The Balaban J connectivity index is 0.00000216. The number of aromatic nitrogens is 2. The van der Waals surface area contributed by atoms with E-state index in [1.807, 2.05) is 9.71 Å². The molecule has 3 aliphatic heterocycles. The number of carbonyl (C=O) groups excluding carboxylic acids is 1. The second kappa shape index (κ2) is 7.86. The number of thiophene rings is 1. The average molecular weight is 473 g/mol. The number of amides is 1. The van der Waals surface area contributed by atoms with Crippen molar-refractivity contribution in [1.29, 1.82) is 0 Å². The fourth-order valence-electron chi connectivity index (χ4n) is 6.07. The highest BCUT2D eigenvalue weighted by Gasteiger charge is 2.58. The van der Waals surface area contributed by atoms with E-state index in [0.717, 1.165) is 62.6 Å². The molecular formula is C22H32BN5O2S2. The summed E-state index contributed by atoms with van der Waals surface area (Å²) in [7, 11) is -0.551. The van der Waals surface area contributed by atoms with E-state index in [0.29, 0.717) is 5.41 Å². The van der Waals surface area contributed by atoms with Crippen LogP contribution in [-0.2, 0) is 11.2 Å². The van der Waals surface area contributed by atoms with Gasteiger partial charge in [0.15, 0.2) is 0 Å². The van der Waals surface area contributed by atoms with Crippen LogP contribution in [0.15, 0.2) is 12.4 Å². The topological polar surface area (TPSA) is 72.8 Å². The molecule has 1 amide bonds. The lowest BCUT2D eigenvalue weighted by Crippen LogP contribution is -2.63. The van der Waals surface area contributed by atoms with Gasteiger partial charge >= 0.3 is 7.05 Å².